The van der Waals surface area contributed by atoms with Crippen LogP contribution < -0.4 is 0 Å². The Labute approximate surface area is 155 Å². The number of carbonyl (C=O) groups excluding carboxylic acids is 1. The molecule has 2 heterocycles. The first kappa shape index (κ1) is 18.6. The van der Waals surface area contributed by atoms with Crippen molar-refractivity contribution in [2.75, 3.05) is 13.1 Å². The summed E-state index contributed by atoms with van der Waals surface area (Å²) in [6.45, 7) is 1.19. The zero-order valence-electron chi connectivity index (χ0n) is 14.7. The van der Waals surface area contributed by atoms with Crippen LogP contribution in [0.15, 0.2) is 36.7 Å². The summed E-state index contributed by atoms with van der Waals surface area (Å²) in [6.07, 6.45) is 5.55. The van der Waals surface area contributed by atoms with E-state index in [9.17, 15) is 19.7 Å². The van der Waals surface area contributed by atoms with E-state index in [-0.39, 0.29) is 23.9 Å². The Balaban J connectivity index is 1.67. The molecular weight excluding hydrogens is 352 g/mol. The first-order chi connectivity index (χ1) is 12.9. The molecule has 0 saturated carbocycles. The molecule has 1 aliphatic heterocycles. The minimum absolute atomic E-state index is 0.0112. The number of hydrogen-bond donors (Lipinski definition) is 1. The van der Waals surface area contributed by atoms with Gasteiger partial charge >= 0.3 is 5.97 Å². The molecule has 27 heavy (non-hydrogen) atoms. The molecule has 9 heteroatoms. The van der Waals surface area contributed by atoms with Crippen LogP contribution in [0.25, 0.3) is 5.69 Å². The van der Waals surface area contributed by atoms with Crippen molar-refractivity contribution >= 4 is 17.6 Å². The van der Waals surface area contributed by atoms with E-state index < -0.39 is 10.9 Å². The molecular formula is C18H20N4O5. The van der Waals surface area contributed by atoms with Gasteiger partial charge in [-0.05, 0) is 37.3 Å². The molecule has 1 unspecified atom stereocenters. The minimum Gasteiger partial charge on any atom is -0.481 e. The van der Waals surface area contributed by atoms with Gasteiger partial charge in [0.25, 0.3) is 11.6 Å². The fraction of sp³-hybridized carbons (Fsp3) is 0.389. The summed E-state index contributed by atoms with van der Waals surface area (Å²) in [5.74, 6) is -0.755. The van der Waals surface area contributed by atoms with Crippen molar-refractivity contribution in [3.05, 3.63) is 52.3 Å². The molecule has 1 N–H and O–H groups in total. The molecule has 1 aromatic heterocycles. The molecule has 1 amide bonds. The third-order valence-electron chi connectivity index (χ3n) is 4.73. The lowest BCUT2D eigenvalue weighted by molar-refractivity contribution is -0.384. The maximum absolute atomic E-state index is 12.7. The number of aromatic nitrogens is 2. The Morgan fingerprint density at radius 3 is 2.70 bits per heavy atom. The van der Waals surface area contributed by atoms with Crippen molar-refractivity contribution < 1.29 is 19.6 Å². The summed E-state index contributed by atoms with van der Waals surface area (Å²) in [5, 5.41) is 23.7. The zero-order valence-corrected chi connectivity index (χ0v) is 14.7. The van der Waals surface area contributed by atoms with Gasteiger partial charge in [-0.25, -0.2) is 4.68 Å². The first-order valence-electron chi connectivity index (χ1n) is 8.74. The number of amides is 1. The molecule has 1 atom stereocenters. The van der Waals surface area contributed by atoms with Gasteiger partial charge < -0.3 is 10.0 Å². The first-order valence-corrected chi connectivity index (χ1v) is 8.74. The van der Waals surface area contributed by atoms with Gasteiger partial charge in [-0.1, -0.05) is 0 Å². The number of benzene rings is 1. The number of rotatable bonds is 6. The van der Waals surface area contributed by atoms with E-state index >= 15 is 0 Å². The zero-order chi connectivity index (χ0) is 19.4. The quantitative estimate of drug-likeness (QED) is 0.615. The minimum atomic E-state index is -0.817. The second-order valence-corrected chi connectivity index (χ2v) is 6.64. The maximum atomic E-state index is 12.7. The van der Waals surface area contributed by atoms with Crippen LogP contribution in [0.1, 0.15) is 36.0 Å². The van der Waals surface area contributed by atoms with Gasteiger partial charge in [-0.3, -0.25) is 19.7 Å². The number of carboxylic acid groups (broad SMARTS) is 1. The van der Waals surface area contributed by atoms with Crippen LogP contribution in [-0.4, -0.2) is 49.7 Å². The van der Waals surface area contributed by atoms with Gasteiger partial charge in [0.15, 0.2) is 0 Å². The molecule has 9 nitrogen and oxygen atoms in total. The van der Waals surface area contributed by atoms with E-state index in [0.717, 1.165) is 12.8 Å². The Hall–Kier alpha value is -3.23. The summed E-state index contributed by atoms with van der Waals surface area (Å²) in [7, 11) is 0. The highest BCUT2D eigenvalue weighted by molar-refractivity contribution is 5.93. The van der Waals surface area contributed by atoms with Crippen molar-refractivity contribution in [3.63, 3.8) is 0 Å². The molecule has 1 fully saturated rings. The second kappa shape index (κ2) is 7.98. The number of carboxylic acids is 1. The standard InChI is InChI=1S/C18H20N4O5/c23-17(24)8-3-13-2-1-9-20(11-13)18(25)14-10-19-21(12-14)15-4-6-16(7-5-15)22(26)27/h4-7,10,12-13H,1-3,8-9,11H2,(H,23,24). The van der Waals surface area contributed by atoms with Crippen LogP contribution in [0.5, 0.6) is 0 Å². The molecule has 1 saturated heterocycles. The number of carbonyl (C=O) groups is 2. The Morgan fingerprint density at radius 2 is 2.04 bits per heavy atom. The fourth-order valence-electron chi connectivity index (χ4n) is 3.30. The topological polar surface area (TPSA) is 119 Å². The summed E-state index contributed by atoms with van der Waals surface area (Å²) in [5.41, 5.74) is 1.05. The summed E-state index contributed by atoms with van der Waals surface area (Å²) in [4.78, 5) is 35.5. The van der Waals surface area contributed by atoms with Gasteiger partial charge in [0, 0.05) is 37.8 Å². The Kier molecular flexibility index (Phi) is 5.49. The highest BCUT2D eigenvalue weighted by atomic mass is 16.6. The fourth-order valence-corrected chi connectivity index (χ4v) is 3.30. The van der Waals surface area contributed by atoms with Crippen molar-refractivity contribution in [1.29, 1.82) is 0 Å². The molecule has 0 aliphatic carbocycles. The smallest absolute Gasteiger partial charge is 0.303 e. The second-order valence-electron chi connectivity index (χ2n) is 6.64. The van der Waals surface area contributed by atoms with Crippen LogP contribution in [0.2, 0.25) is 0 Å². The van der Waals surface area contributed by atoms with E-state index in [1.165, 1.54) is 23.0 Å². The number of hydrogen-bond acceptors (Lipinski definition) is 5. The van der Waals surface area contributed by atoms with Gasteiger partial charge in [-0.2, -0.15) is 5.10 Å². The van der Waals surface area contributed by atoms with Crippen molar-refractivity contribution in [2.24, 2.45) is 5.92 Å². The normalized spacial score (nSPS) is 16.9. The van der Waals surface area contributed by atoms with Gasteiger partial charge in [0.2, 0.25) is 0 Å². The van der Waals surface area contributed by atoms with E-state index in [4.69, 9.17) is 5.11 Å². The van der Waals surface area contributed by atoms with Crippen LogP contribution >= 0.6 is 0 Å². The summed E-state index contributed by atoms with van der Waals surface area (Å²) in [6, 6.07) is 5.91. The van der Waals surface area contributed by atoms with Gasteiger partial charge in [-0.15, -0.1) is 0 Å². The molecule has 0 bridgehead atoms. The predicted octanol–water partition coefficient (Wildman–Crippen LogP) is 2.50. The lowest BCUT2D eigenvalue weighted by Gasteiger charge is -2.32. The number of aliphatic carboxylic acids is 1. The molecule has 2 aromatic rings. The lowest BCUT2D eigenvalue weighted by Crippen LogP contribution is -2.39. The van der Waals surface area contributed by atoms with Crippen molar-refractivity contribution in [2.45, 2.75) is 25.7 Å². The number of likely N-dealkylation sites (tertiary alicyclic amines) is 1. The third kappa shape index (κ3) is 4.49. The number of nitrogens with zero attached hydrogens (tertiary/aromatic N) is 4. The van der Waals surface area contributed by atoms with Gasteiger partial charge in [0.05, 0.1) is 22.4 Å². The third-order valence-corrected chi connectivity index (χ3v) is 4.73. The molecule has 1 aromatic carbocycles. The molecule has 0 radical (unpaired) electrons. The lowest BCUT2D eigenvalue weighted by atomic mass is 9.93. The predicted molar refractivity (Wildman–Crippen MR) is 95.7 cm³/mol. The average Bonchev–Trinajstić information content (AvgIpc) is 3.16. The molecule has 1 aliphatic rings. The van der Waals surface area contributed by atoms with E-state index in [1.54, 1.807) is 23.2 Å². The van der Waals surface area contributed by atoms with Crippen molar-refractivity contribution in [3.8, 4) is 5.69 Å². The van der Waals surface area contributed by atoms with Crippen LogP contribution in [-0.2, 0) is 4.79 Å². The van der Waals surface area contributed by atoms with E-state index in [2.05, 4.69) is 5.10 Å². The van der Waals surface area contributed by atoms with Crippen LogP contribution in [0, 0.1) is 16.0 Å². The molecule has 0 spiro atoms. The maximum Gasteiger partial charge on any atom is 0.303 e. The number of piperidine rings is 1. The number of nitro groups is 1. The van der Waals surface area contributed by atoms with Crippen molar-refractivity contribution in [1.82, 2.24) is 14.7 Å². The number of non-ortho nitro benzene ring substituents is 1. The Bertz CT molecular complexity index is 846. The molecule has 3 rings (SSSR count). The molecule has 142 valence electrons. The van der Waals surface area contributed by atoms with E-state index in [0.29, 0.717) is 30.8 Å². The highest BCUT2D eigenvalue weighted by Crippen LogP contribution is 2.23. The van der Waals surface area contributed by atoms with Crippen LogP contribution in [0.3, 0.4) is 0 Å². The Morgan fingerprint density at radius 1 is 1.30 bits per heavy atom. The van der Waals surface area contributed by atoms with Gasteiger partial charge in [0.1, 0.15) is 0 Å². The summed E-state index contributed by atoms with van der Waals surface area (Å²) < 4.78 is 1.50. The monoisotopic (exact) mass is 372 g/mol. The van der Waals surface area contributed by atoms with E-state index in [1.807, 2.05) is 0 Å². The highest BCUT2D eigenvalue weighted by Gasteiger charge is 2.25. The van der Waals surface area contributed by atoms with Crippen LogP contribution in [0.4, 0.5) is 5.69 Å². The largest absolute Gasteiger partial charge is 0.481 e. The summed E-state index contributed by atoms with van der Waals surface area (Å²) >= 11 is 0. The average molecular weight is 372 g/mol. The SMILES string of the molecule is O=C(O)CCC1CCCN(C(=O)c2cnn(-c3ccc([N+](=O)[O-])cc3)c2)C1. The number of nitro benzene ring substituents is 1.